The molecule has 0 aliphatic carbocycles. The van der Waals surface area contributed by atoms with E-state index < -0.39 is 0 Å². The summed E-state index contributed by atoms with van der Waals surface area (Å²) in [5.41, 5.74) is 6.37. The van der Waals surface area contributed by atoms with Gasteiger partial charge in [-0.1, -0.05) is 26.0 Å². The lowest BCUT2D eigenvalue weighted by Gasteiger charge is -2.22. The second kappa shape index (κ2) is 6.25. The molecular weight excluding hydrogens is 216 g/mol. The van der Waals surface area contributed by atoms with E-state index in [0.29, 0.717) is 5.92 Å². The number of carbonyl (C=O) groups is 1. The zero-order valence-electron chi connectivity index (χ0n) is 10.6. The first-order chi connectivity index (χ1) is 8.08. The van der Waals surface area contributed by atoms with Crippen molar-refractivity contribution in [2.45, 2.75) is 19.9 Å². The van der Waals surface area contributed by atoms with Crippen molar-refractivity contribution in [2.75, 3.05) is 13.7 Å². The Morgan fingerprint density at radius 3 is 2.35 bits per heavy atom. The number of rotatable bonds is 5. The number of carbonyl (C=O) groups excluding carboxylic acids is 1. The summed E-state index contributed by atoms with van der Waals surface area (Å²) < 4.78 is 5.10. The number of amides is 1. The van der Waals surface area contributed by atoms with Crippen LogP contribution in [0, 0.1) is 5.92 Å². The van der Waals surface area contributed by atoms with Crippen LogP contribution in [-0.2, 0) is 4.79 Å². The normalized spacial score (nSPS) is 12.3. The molecule has 3 N–H and O–H groups in total. The monoisotopic (exact) mass is 236 g/mol. The molecule has 0 aromatic heterocycles. The summed E-state index contributed by atoms with van der Waals surface area (Å²) in [5.74, 6) is 0.972. The maximum atomic E-state index is 11.4. The van der Waals surface area contributed by atoms with Gasteiger partial charge in [-0.25, -0.2) is 0 Å². The molecular formula is C13H20N2O2. The Morgan fingerprint density at radius 1 is 1.35 bits per heavy atom. The average Bonchev–Trinajstić information content (AvgIpc) is 2.35. The SMILES string of the molecule is COc1ccc(C(NC(=O)CN)C(C)C)cc1. The smallest absolute Gasteiger partial charge is 0.234 e. The summed E-state index contributed by atoms with van der Waals surface area (Å²) in [6.45, 7) is 4.14. The molecule has 0 aliphatic heterocycles. The first kappa shape index (κ1) is 13.5. The van der Waals surface area contributed by atoms with Gasteiger partial charge in [0.15, 0.2) is 0 Å². The van der Waals surface area contributed by atoms with Crippen LogP contribution in [0.2, 0.25) is 0 Å². The van der Waals surface area contributed by atoms with Gasteiger partial charge in [-0.2, -0.15) is 0 Å². The Morgan fingerprint density at radius 2 is 1.94 bits per heavy atom. The maximum Gasteiger partial charge on any atom is 0.234 e. The lowest BCUT2D eigenvalue weighted by atomic mass is 9.96. The zero-order chi connectivity index (χ0) is 12.8. The van der Waals surface area contributed by atoms with Gasteiger partial charge in [0.05, 0.1) is 19.7 Å². The lowest BCUT2D eigenvalue weighted by Crippen LogP contribution is -2.36. The van der Waals surface area contributed by atoms with Crippen molar-refractivity contribution in [3.05, 3.63) is 29.8 Å². The predicted molar refractivity (Wildman–Crippen MR) is 67.8 cm³/mol. The topological polar surface area (TPSA) is 64.3 Å². The Balaban J connectivity index is 2.85. The molecule has 1 aromatic rings. The number of methoxy groups -OCH3 is 1. The predicted octanol–water partition coefficient (Wildman–Crippen LogP) is 1.47. The fraction of sp³-hybridized carbons (Fsp3) is 0.462. The fourth-order valence-electron chi connectivity index (χ4n) is 1.68. The van der Waals surface area contributed by atoms with Crippen LogP contribution in [0.25, 0.3) is 0 Å². The molecule has 0 radical (unpaired) electrons. The molecule has 0 saturated heterocycles. The van der Waals surface area contributed by atoms with Crippen molar-refractivity contribution in [1.82, 2.24) is 5.32 Å². The highest BCUT2D eigenvalue weighted by molar-refractivity contribution is 5.78. The zero-order valence-corrected chi connectivity index (χ0v) is 10.6. The van der Waals surface area contributed by atoms with Crippen molar-refractivity contribution in [1.29, 1.82) is 0 Å². The Kier molecular flexibility index (Phi) is 4.97. The van der Waals surface area contributed by atoms with Gasteiger partial charge >= 0.3 is 0 Å². The number of hydrogen-bond acceptors (Lipinski definition) is 3. The third kappa shape index (κ3) is 3.75. The van der Waals surface area contributed by atoms with E-state index in [4.69, 9.17) is 10.5 Å². The highest BCUT2D eigenvalue weighted by atomic mass is 16.5. The van der Waals surface area contributed by atoms with Gasteiger partial charge in [0.25, 0.3) is 0 Å². The maximum absolute atomic E-state index is 11.4. The van der Waals surface area contributed by atoms with Crippen molar-refractivity contribution < 1.29 is 9.53 Å². The van der Waals surface area contributed by atoms with Gasteiger partial charge in [-0.3, -0.25) is 4.79 Å². The number of nitrogens with two attached hydrogens (primary N) is 1. The van der Waals surface area contributed by atoms with Crippen LogP contribution < -0.4 is 15.8 Å². The van der Waals surface area contributed by atoms with Gasteiger partial charge < -0.3 is 15.8 Å². The van der Waals surface area contributed by atoms with E-state index >= 15 is 0 Å². The summed E-state index contributed by atoms with van der Waals surface area (Å²) in [6, 6.07) is 7.68. The average molecular weight is 236 g/mol. The van der Waals surface area contributed by atoms with Crippen molar-refractivity contribution >= 4 is 5.91 Å². The van der Waals surface area contributed by atoms with E-state index in [2.05, 4.69) is 19.2 Å². The first-order valence-corrected chi connectivity index (χ1v) is 5.72. The van der Waals surface area contributed by atoms with Gasteiger partial charge in [0.1, 0.15) is 5.75 Å². The second-order valence-corrected chi connectivity index (χ2v) is 4.27. The summed E-state index contributed by atoms with van der Waals surface area (Å²) >= 11 is 0. The number of nitrogens with one attached hydrogen (secondary N) is 1. The summed E-state index contributed by atoms with van der Waals surface area (Å²) in [6.07, 6.45) is 0. The molecule has 94 valence electrons. The minimum Gasteiger partial charge on any atom is -0.497 e. The third-order valence-electron chi connectivity index (χ3n) is 2.64. The molecule has 4 heteroatoms. The molecule has 0 aliphatic rings. The molecule has 1 rings (SSSR count). The highest BCUT2D eigenvalue weighted by Gasteiger charge is 2.17. The minimum absolute atomic E-state index is 0.0133. The fourth-order valence-corrected chi connectivity index (χ4v) is 1.68. The summed E-state index contributed by atoms with van der Waals surface area (Å²) in [7, 11) is 1.63. The standard InChI is InChI=1S/C13H20N2O2/c1-9(2)13(15-12(16)8-14)10-4-6-11(17-3)7-5-10/h4-7,9,13H,8,14H2,1-3H3,(H,15,16). The highest BCUT2D eigenvalue weighted by Crippen LogP contribution is 2.23. The first-order valence-electron chi connectivity index (χ1n) is 5.72. The van der Waals surface area contributed by atoms with E-state index in [1.807, 2.05) is 24.3 Å². The Bertz CT molecular complexity index is 360. The molecule has 0 heterocycles. The molecule has 1 amide bonds. The van der Waals surface area contributed by atoms with Crippen LogP contribution in [0.15, 0.2) is 24.3 Å². The molecule has 1 aromatic carbocycles. The summed E-state index contributed by atoms with van der Waals surface area (Å²) in [5, 5.41) is 2.92. The largest absolute Gasteiger partial charge is 0.497 e. The lowest BCUT2D eigenvalue weighted by molar-refractivity contribution is -0.120. The van der Waals surface area contributed by atoms with Crippen molar-refractivity contribution in [2.24, 2.45) is 11.7 Å². The Labute approximate surface area is 102 Å². The summed E-state index contributed by atoms with van der Waals surface area (Å²) in [4.78, 5) is 11.4. The second-order valence-electron chi connectivity index (χ2n) is 4.27. The van der Waals surface area contributed by atoms with E-state index in [9.17, 15) is 4.79 Å². The Hall–Kier alpha value is -1.55. The van der Waals surface area contributed by atoms with Gasteiger partial charge in [0, 0.05) is 0 Å². The van der Waals surface area contributed by atoms with E-state index in [1.54, 1.807) is 7.11 Å². The van der Waals surface area contributed by atoms with Crippen LogP contribution in [0.5, 0.6) is 5.75 Å². The number of benzene rings is 1. The van der Waals surface area contributed by atoms with Crippen LogP contribution in [0.1, 0.15) is 25.5 Å². The van der Waals surface area contributed by atoms with Gasteiger partial charge in [-0.15, -0.1) is 0 Å². The van der Waals surface area contributed by atoms with Gasteiger partial charge in [-0.05, 0) is 23.6 Å². The molecule has 1 atom stereocenters. The van der Waals surface area contributed by atoms with Gasteiger partial charge in [0.2, 0.25) is 5.91 Å². The van der Waals surface area contributed by atoms with Crippen molar-refractivity contribution in [3.8, 4) is 5.75 Å². The van der Waals surface area contributed by atoms with E-state index in [1.165, 1.54) is 0 Å². The quantitative estimate of drug-likeness (QED) is 0.813. The number of ether oxygens (including phenoxy) is 1. The molecule has 0 fully saturated rings. The van der Waals surface area contributed by atoms with Crippen molar-refractivity contribution in [3.63, 3.8) is 0 Å². The van der Waals surface area contributed by atoms with Crippen LogP contribution in [0.3, 0.4) is 0 Å². The molecule has 1 unspecified atom stereocenters. The van der Waals surface area contributed by atoms with E-state index in [0.717, 1.165) is 11.3 Å². The minimum atomic E-state index is -0.139. The molecule has 17 heavy (non-hydrogen) atoms. The molecule has 0 bridgehead atoms. The van der Waals surface area contributed by atoms with E-state index in [-0.39, 0.29) is 18.5 Å². The number of hydrogen-bond donors (Lipinski definition) is 2. The molecule has 0 spiro atoms. The molecule has 4 nitrogen and oxygen atoms in total. The van der Waals surface area contributed by atoms with Crippen LogP contribution >= 0.6 is 0 Å². The van der Waals surface area contributed by atoms with Crippen LogP contribution in [0.4, 0.5) is 0 Å². The molecule has 0 saturated carbocycles. The van der Waals surface area contributed by atoms with Crippen LogP contribution in [-0.4, -0.2) is 19.6 Å². The third-order valence-corrected chi connectivity index (χ3v) is 2.64.